The zero-order valence-corrected chi connectivity index (χ0v) is 15.5. The number of ether oxygens (including phenoxy) is 3. The maximum atomic E-state index is 9.66. The van der Waals surface area contributed by atoms with E-state index in [0.29, 0.717) is 13.2 Å². The smallest absolute Gasteiger partial charge is 0.184 e. The van der Waals surface area contributed by atoms with Gasteiger partial charge in [0.15, 0.2) is 6.29 Å². The van der Waals surface area contributed by atoms with Crippen molar-refractivity contribution in [2.45, 2.75) is 45.6 Å². The number of rotatable bonds is 7. The van der Waals surface area contributed by atoms with Gasteiger partial charge in [0, 0.05) is 0 Å². The van der Waals surface area contributed by atoms with Crippen LogP contribution in [0, 0.1) is 11.8 Å². The lowest BCUT2D eigenvalue weighted by Crippen LogP contribution is -2.52. The molecule has 1 aliphatic rings. The molecule has 0 spiro atoms. The summed E-state index contributed by atoms with van der Waals surface area (Å²) in [6.45, 7) is 5.20. The lowest BCUT2D eigenvalue weighted by molar-refractivity contribution is -0.290. The normalized spacial score (nSPS) is 28.8. The molecule has 0 amide bonds. The summed E-state index contributed by atoms with van der Waals surface area (Å²) in [6.07, 6.45) is -0.915. The summed E-state index contributed by atoms with van der Waals surface area (Å²) < 4.78 is 18.3. The molecule has 0 aliphatic carbocycles. The summed E-state index contributed by atoms with van der Waals surface area (Å²) in [6, 6.07) is 20.1. The van der Waals surface area contributed by atoms with Crippen LogP contribution < -0.4 is 0 Å². The van der Waals surface area contributed by atoms with Crippen molar-refractivity contribution in [3.05, 3.63) is 71.8 Å². The fourth-order valence-corrected chi connectivity index (χ4v) is 3.35. The zero-order chi connectivity index (χ0) is 18.4. The van der Waals surface area contributed by atoms with Crippen LogP contribution in [0.5, 0.6) is 0 Å². The van der Waals surface area contributed by atoms with Crippen molar-refractivity contribution in [1.29, 1.82) is 0 Å². The molecular weight excluding hydrogens is 328 g/mol. The molecule has 0 aromatic heterocycles. The first-order chi connectivity index (χ1) is 12.7. The van der Waals surface area contributed by atoms with Crippen LogP contribution >= 0.6 is 0 Å². The summed E-state index contributed by atoms with van der Waals surface area (Å²) in [5.74, 6) is 0.405. The van der Waals surface area contributed by atoms with Crippen molar-refractivity contribution in [3.8, 4) is 0 Å². The summed E-state index contributed by atoms with van der Waals surface area (Å²) in [7, 11) is 0. The Labute approximate surface area is 155 Å². The average molecular weight is 356 g/mol. The minimum absolute atomic E-state index is 0.0118. The molecule has 2 aromatic rings. The SMILES string of the molecule is C[C@@H]1C(CO)O[C@@H](OCc2ccccc2)C(OCc2ccccc2)[C@H]1C. The van der Waals surface area contributed by atoms with Gasteiger partial charge in [-0.3, -0.25) is 0 Å². The second-order valence-electron chi connectivity index (χ2n) is 7.00. The molecule has 26 heavy (non-hydrogen) atoms. The van der Waals surface area contributed by atoms with E-state index in [1.807, 2.05) is 60.7 Å². The standard InChI is InChI=1S/C22H28O4/c1-16-17(2)21(24-14-18-9-5-3-6-10-18)22(26-20(16)13-23)25-15-19-11-7-4-8-12-19/h3-12,16-17,20-23H,13-15H2,1-2H3/t16-,17-,20?,21?,22+/m0/s1. The average Bonchev–Trinajstić information content (AvgIpc) is 2.69. The predicted molar refractivity (Wildman–Crippen MR) is 100 cm³/mol. The molecule has 0 bridgehead atoms. The van der Waals surface area contributed by atoms with Crippen molar-refractivity contribution >= 4 is 0 Å². The molecule has 1 heterocycles. The van der Waals surface area contributed by atoms with Crippen molar-refractivity contribution in [2.24, 2.45) is 11.8 Å². The van der Waals surface area contributed by atoms with Crippen LogP contribution in [-0.2, 0) is 27.4 Å². The Kier molecular flexibility index (Phi) is 6.80. The fourth-order valence-electron chi connectivity index (χ4n) is 3.35. The Morgan fingerprint density at radius 3 is 1.88 bits per heavy atom. The third-order valence-corrected chi connectivity index (χ3v) is 5.23. The Hall–Kier alpha value is -1.72. The van der Waals surface area contributed by atoms with E-state index in [1.165, 1.54) is 0 Å². The van der Waals surface area contributed by atoms with Gasteiger partial charge in [0.05, 0.1) is 25.9 Å². The number of benzene rings is 2. The molecule has 0 radical (unpaired) electrons. The van der Waals surface area contributed by atoms with Crippen molar-refractivity contribution in [2.75, 3.05) is 6.61 Å². The monoisotopic (exact) mass is 356 g/mol. The van der Waals surface area contributed by atoms with Crippen LogP contribution in [0.25, 0.3) is 0 Å². The molecule has 1 fully saturated rings. The summed E-state index contributed by atoms with van der Waals surface area (Å²) in [5.41, 5.74) is 2.21. The number of aliphatic hydroxyl groups excluding tert-OH is 1. The largest absolute Gasteiger partial charge is 0.394 e. The lowest BCUT2D eigenvalue weighted by Gasteiger charge is -2.43. The van der Waals surface area contributed by atoms with E-state index >= 15 is 0 Å². The molecule has 1 aliphatic heterocycles. The minimum Gasteiger partial charge on any atom is -0.394 e. The van der Waals surface area contributed by atoms with Crippen LogP contribution in [0.4, 0.5) is 0 Å². The van der Waals surface area contributed by atoms with E-state index in [1.54, 1.807) is 0 Å². The molecule has 1 saturated heterocycles. The van der Waals surface area contributed by atoms with Crippen LogP contribution in [-0.4, -0.2) is 30.2 Å². The van der Waals surface area contributed by atoms with Gasteiger partial charge in [-0.05, 0) is 23.0 Å². The van der Waals surface area contributed by atoms with E-state index in [-0.39, 0.29) is 30.7 Å². The van der Waals surface area contributed by atoms with E-state index in [0.717, 1.165) is 11.1 Å². The Morgan fingerprint density at radius 2 is 1.35 bits per heavy atom. The van der Waals surface area contributed by atoms with Gasteiger partial charge in [-0.15, -0.1) is 0 Å². The van der Waals surface area contributed by atoms with Crippen molar-refractivity contribution in [3.63, 3.8) is 0 Å². The maximum Gasteiger partial charge on any atom is 0.184 e. The molecule has 1 N–H and O–H groups in total. The van der Waals surface area contributed by atoms with E-state index in [4.69, 9.17) is 14.2 Å². The number of hydrogen-bond acceptors (Lipinski definition) is 4. The van der Waals surface area contributed by atoms with Crippen LogP contribution in [0.1, 0.15) is 25.0 Å². The molecule has 2 unspecified atom stereocenters. The first-order valence-electron chi connectivity index (χ1n) is 9.26. The quantitative estimate of drug-likeness (QED) is 0.820. The van der Waals surface area contributed by atoms with Gasteiger partial charge < -0.3 is 19.3 Å². The summed E-state index contributed by atoms with van der Waals surface area (Å²) in [4.78, 5) is 0. The van der Waals surface area contributed by atoms with E-state index in [2.05, 4.69) is 13.8 Å². The Bertz CT molecular complexity index is 646. The highest BCUT2D eigenvalue weighted by Crippen LogP contribution is 2.34. The third-order valence-electron chi connectivity index (χ3n) is 5.23. The highest BCUT2D eigenvalue weighted by atomic mass is 16.7. The first kappa shape index (κ1) is 19.1. The van der Waals surface area contributed by atoms with Gasteiger partial charge in [0.1, 0.15) is 6.10 Å². The number of hydrogen-bond donors (Lipinski definition) is 1. The predicted octanol–water partition coefficient (Wildman–Crippen LogP) is 3.78. The maximum absolute atomic E-state index is 9.66. The van der Waals surface area contributed by atoms with Gasteiger partial charge in [-0.2, -0.15) is 0 Å². The highest BCUT2D eigenvalue weighted by Gasteiger charge is 2.42. The van der Waals surface area contributed by atoms with Crippen molar-refractivity contribution < 1.29 is 19.3 Å². The second-order valence-corrected chi connectivity index (χ2v) is 7.00. The summed E-state index contributed by atoms with van der Waals surface area (Å²) in [5, 5.41) is 9.66. The zero-order valence-electron chi connectivity index (χ0n) is 15.5. The van der Waals surface area contributed by atoms with E-state index in [9.17, 15) is 5.11 Å². The van der Waals surface area contributed by atoms with Gasteiger partial charge in [-0.25, -0.2) is 0 Å². The molecule has 5 atom stereocenters. The molecular formula is C22H28O4. The van der Waals surface area contributed by atoms with Crippen LogP contribution in [0.15, 0.2) is 60.7 Å². The molecule has 140 valence electrons. The van der Waals surface area contributed by atoms with Crippen LogP contribution in [0.3, 0.4) is 0 Å². The molecule has 4 nitrogen and oxygen atoms in total. The molecule has 2 aromatic carbocycles. The second kappa shape index (κ2) is 9.28. The van der Waals surface area contributed by atoms with Crippen LogP contribution in [0.2, 0.25) is 0 Å². The van der Waals surface area contributed by atoms with E-state index < -0.39 is 6.29 Å². The lowest BCUT2D eigenvalue weighted by atomic mass is 9.83. The fraction of sp³-hybridized carbons (Fsp3) is 0.455. The van der Waals surface area contributed by atoms with Gasteiger partial charge in [-0.1, -0.05) is 74.5 Å². The first-order valence-corrected chi connectivity index (χ1v) is 9.26. The molecule has 4 heteroatoms. The van der Waals surface area contributed by atoms with Gasteiger partial charge >= 0.3 is 0 Å². The topological polar surface area (TPSA) is 47.9 Å². The number of aliphatic hydroxyl groups is 1. The highest BCUT2D eigenvalue weighted by molar-refractivity contribution is 5.14. The molecule has 3 rings (SSSR count). The molecule has 0 saturated carbocycles. The Balaban J connectivity index is 1.68. The van der Waals surface area contributed by atoms with Gasteiger partial charge in [0.2, 0.25) is 0 Å². The van der Waals surface area contributed by atoms with Gasteiger partial charge in [0.25, 0.3) is 0 Å². The van der Waals surface area contributed by atoms with Crippen molar-refractivity contribution in [1.82, 2.24) is 0 Å². The minimum atomic E-state index is -0.498. The third kappa shape index (κ3) is 4.71. The summed E-state index contributed by atoms with van der Waals surface area (Å²) >= 11 is 0. The Morgan fingerprint density at radius 1 is 0.808 bits per heavy atom.